The minimum absolute atomic E-state index is 0.0517. The number of benzene rings is 2. The molecule has 13 heteroatoms. The number of hydrogen-bond donors (Lipinski definition) is 2. The lowest BCUT2D eigenvalue weighted by molar-refractivity contribution is 0.102. The standard InChI is InChI=1S/C29H29N7O5S/c1-19-5-7-22(16-25(19)34-29-31-11-9-24(33-29)20-4-3-10-30-17-20)32-28(37)23-8-6-21(18-36-14-12-35(2)13-15-36)26-27(23)41-42(38,39)40-26/h3-11,16-17H,12-15,18H2,1-2H3,(H,32,37)(H,31,33,34). The first-order chi connectivity index (χ1) is 20.2. The second-order valence-electron chi connectivity index (χ2n) is 10.2. The molecule has 2 N–H and O–H groups in total. The molecule has 12 nitrogen and oxygen atoms in total. The summed E-state index contributed by atoms with van der Waals surface area (Å²) >= 11 is 0. The van der Waals surface area contributed by atoms with Crippen LogP contribution < -0.4 is 19.0 Å². The minimum atomic E-state index is -4.31. The zero-order valence-electron chi connectivity index (χ0n) is 23.1. The Morgan fingerprint density at radius 3 is 2.60 bits per heavy atom. The van der Waals surface area contributed by atoms with Gasteiger partial charge in [0.1, 0.15) is 0 Å². The third kappa shape index (κ3) is 6.03. The maximum absolute atomic E-state index is 13.4. The molecule has 216 valence electrons. The molecule has 6 rings (SSSR count). The number of likely N-dealkylation sites (N-methyl/N-ethyl adjacent to an activating group) is 1. The molecule has 0 unspecified atom stereocenters. The number of pyridine rings is 1. The lowest BCUT2D eigenvalue weighted by Crippen LogP contribution is -2.43. The molecular formula is C29H29N7O5S. The van der Waals surface area contributed by atoms with Crippen molar-refractivity contribution in [1.82, 2.24) is 24.8 Å². The molecule has 2 aromatic carbocycles. The van der Waals surface area contributed by atoms with E-state index in [-0.39, 0.29) is 17.1 Å². The van der Waals surface area contributed by atoms with Gasteiger partial charge in [-0.05, 0) is 55.9 Å². The Labute approximate surface area is 243 Å². The Morgan fingerprint density at radius 2 is 1.81 bits per heavy atom. The maximum Gasteiger partial charge on any atom is 0.501 e. The summed E-state index contributed by atoms with van der Waals surface area (Å²) in [7, 11) is -2.25. The Hall–Kier alpha value is -4.59. The number of anilines is 3. The Balaban J connectivity index is 1.22. The van der Waals surface area contributed by atoms with E-state index < -0.39 is 16.3 Å². The van der Waals surface area contributed by atoms with Gasteiger partial charge in [0.15, 0.2) is 5.75 Å². The number of aryl methyl sites for hydroxylation is 1. The lowest BCUT2D eigenvalue weighted by Gasteiger charge is -2.32. The molecule has 0 atom stereocenters. The van der Waals surface area contributed by atoms with Crippen LogP contribution in [0.5, 0.6) is 11.5 Å². The third-order valence-electron chi connectivity index (χ3n) is 7.15. The van der Waals surface area contributed by atoms with E-state index in [1.165, 1.54) is 0 Å². The van der Waals surface area contributed by atoms with Crippen molar-refractivity contribution in [3.63, 3.8) is 0 Å². The second kappa shape index (κ2) is 11.4. The van der Waals surface area contributed by atoms with Crippen molar-refractivity contribution in [2.45, 2.75) is 13.5 Å². The molecule has 2 aromatic heterocycles. The van der Waals surface area contributed by atoms with Gasteiger partial charge in [-0.2, -0.15) is 0 Å². The van der Waals surface area contributed by atoms with Crippen molar-refractivity contribution < 1.29 is 21.6 Å². The van der Waals surface area contributed by atoms with Crippen LogP contribution in [0.25, 0.3) is 11.3 Å². The number of piperazine rings is 1. The van der Waals surface area contributed by atoms with Crippen LogP contribution in [0.1, 0.15) is 21.5 Å². The molecule has 2 aliphatic rings. The largest absolute Gasteiger partial charge is 0.501 e. The van der Waals surface area contributed by atoms with E-state index >= 15 is 0 Å². The average molecular weight is 588 g/mol. The van der Waals surface area contributed by atoms with E-state index in [1.54, 1.807) is 48.9 Å². The van der Waals surface area contributed by atoms with Gasteiger partial charge in [0, 0.05) is 73.8 Å². The number of nitrogens with zero attached hydrogens (tertiary/aromatic N) is 5. The second-order valence-corrected chi connectivity index (χ2v) is 11.4. The number of carbonyl (C=O) groups is 1. The average Bonchev–Trinajstić information content (AvgIpc) is 3.32. The van der Waals surface area contributed by atoms with Gasteiger partial charge in [0.2, 0.25) is 11.7 Å². The van der Waals surface area contributed by atoms with Gasteiger partial charge in [-0.25, -0.2) is 9.97 Å². The smallest absolute Gasteiger partial charge is 0.348 e. The number of amides is 1. The van der Waals surface area contributed by atoms with Crippen molar-refractivity contribution in [3.05, 3.63) is 83.8 Å². The summed E-state index contributed by atoms with van der Waals surface area (Å²) in [6, 6.07) is 14.2. The fraction of sp³-hybridized carbons (Fsp3) is 0.241. The molecule has 1 fully saturated rings. The van der Waals surface area contributed by atoms with Crippen LogP contribution in [0.2, 0.25) is 0 Å². The van der Waals surface area contributed by atoms with Crippen molar-refractivity contribution in [2.24, 2.45) is 0 Å². The Bertz CT molecular complexity index is 1740. The fourth-order valence-corrected chi connectivity index (χ4v) is 5.59. The van der Waals surface area contributed by atoms with E-state index in [9.17, 15) is 13.2 Å². The molecule has 0 radical (unpaired) electrons. The van der Waals surface area contributed by atoms with Gasteiger partial charge in [-0.15, -0.1) is 8.42 Å². The lowest BCUT2D eigenvalue weighted by atomic mass is 10.1. The topological polar surface area (TPSA) is 139 Å². The Kier molecular flexibility index (Phi) is 7.45. The third-order valence-corrected chi connectivity index (χ3v) is 7.90. The zero-order valence-corrected chi connectivity index (χ0v) is 23.9. The van der Waals surface area contributed by atoms with Crippen LogP contribution in [-0.2, 0) is 16.9 Å². The first-order valence-electron chi connectivity index (χ1n) is 13.4. The summed E-state index contributed by atoms with van der Waals surface area (Å²) in [4.78, 5) is 30.9. The van der Waals surface area contributed by atoms with Crippen molar-refractivity contribution >= 4 is 33.6 Å². The summed E-state index contributed by atoms with van der Waals surface area (Å²) < 4.78 is 34.8. The highest BCUT2D eigenvalue weighted by Gasteiger charge is 2.36. The highest BCUT2D eigenvalue weighted by atomic mass is 32.3. The van der Waals surface area contributed by atoms with Crippen LogP contribution in [0.3, 0.4) is 0 Å². The molecule has 0 bridgehead atoms. The fourth-order valence-electron chi connectivity index (χ4n) is 4.80. The molecule has 0 aliphatic carbocycles. The summed E-state index contributed by atoms with van der Waals surface area (Å²) in [5.74, 6) is -0.209. The number of aromatic nitrogens is 3. The highest BCUT2D eigenvalue weighted by Crippen LogP contribution is 2.42. The molecule has 0 saturated carbocycles. The van der Waals surface area contributed by atoms with Crippen LogP contribution in [0.4, 0.5) is 17.3 Å². The number of hydrogen-bond acceptors (Lipinski definition) is 11. The maximum atomic E-state index is 13.4. The monoisotopic (exact) mass is 587 g/mol. The number of carbonyl (C=O) groups excluding carboxylic acids is 1. The first kappa shape index (κ1) is 27.6. The number of nitrogens with one attached hydrogen (secondary N) is 2. The van der Waals surface area contributed by atoms with E-state index in [0.717, 1.165) is 37.3 Å². The summed E-state index contributed by atoms with van der Waals surface area (Å²) in [6.45, 7) is 5.89. The molecule has 0 spiro atoms. The van der Waals surface area contributed by atoms with Gasteiger partial charge in [0.25, 0.3) is 5.91 Å². The van der Waals surface area contributed by atoms with Crippen LogP contribution in [-0.4, -0.2) is 72.3 Å². The number of fused-ring (bicyclic) bond motifs is 1. The molecule has 4 heterocycles. The molecule has 4 aromatic rings. The Morgan fingerprint density at radius 1 is 1.00 bits per heavy atom. The SMILES string of the molecule is Cc1ccc(NC(=O)c2ccc(CN3CCN(C)CC3)c3c2OS(=O)(=O)O3)cc1Nc1nccc(-c2cccnc2)n1. The van der Waals surface area contributed by atoms with Gasteiger partial charge in [-0.1, -0.05) is 12.1 Å². The summed E-state index contributed by atoms with van der Waals surface area (Å²) in [5, 5.41) is 6.05. The van der Waals surface area contributed by atoms with E-state index in [4.69, 9.17) is 8.37 Å². The quantitative estimate of drug-likeness (QED) is 0.328. The van der Waals surface area contributed by atoms with Gasteiger partial charge >= 0.3 is 10.4 Å². The van der Waals surface area contributed by atoms with Gasteiger partial charge in [-0.3, -0.25) is 14.7 Å². The van der Waals surface area contributed by atoms with Crippen LogP contribution >= 0.6 is 0 Å². The highest BCUT2D eigenvalue weighted by molar-refractivity contribution is 7.82. The molecule has 2 aliphatic heterocycles. The van der Waals surface area contributed by atoms with E-state index in [1.807, 2.05) is 25.1 Å². The predicted octanol–water partition coefficient (Wildman–Crippen LogP) is 3.61. The van der Waals surface area contributed by atoms with Crippen molar-refractivity contribution in [2.75, 3.05) is 43.9 Å². The van der Waals surface area contributed by atoms with Crippen molar-refractivity contribution in [3.8, 4) is 22.8 Å². The predicted molar refractivity (Wildman–Crippen MR) is 157 cm³/mol. The van der Waals surface area contributed by atoms with Crippen LogP contribution in [0.15, 0.2) is 67.1 Å². The molecular weight excluding hydrogens is 558 g/mol. The first-order valence-corrected chi connectivity index (χ1v) is 14.7. The molecule has 42 heavy (non-hydrogen) atoms. The molecule has 1 saturated heterocycles. The summed E-state index contributed by atoms with van der Waals surface area (Å²) in [6.07, 6.45) is 5.08. The zero-order chi connectivity index (χ0) is 29.3. The van der Waals surface area contributed by atoms with E-state index in [0.29, 0.717) is 35.1 Å². The number of rotatable bonds is 7. The van der Waals surface area contributed by atoms with Gasteiger partial charge < -0.3 is 23.9 Å². The molecule has 1 amide bonds. The summed E-state index contributed by atoms with van der Waals surface area (Å²) in [5.41, 5.74) is 4.33. The minimum Gasteiger partial charge on any atom is -0.348 e. The normalized spacial score (nSPS) is 16.2. The van der Waals surface area contributed by atoms with Crippen LogP contribution in [0, 0.1) is 6.92 Å². The van der Waals surface area contributed by atoms with E-state index in [2.05, 4.69) is 42.4 Å². The van der Waals surface area contributed by atoms with Crippen molar-refractivity contribution in [1.29, 1.82) is 0 Å². The van der Waals surface area contributed by atoms with Gasteiger partial charge in [0.05, 0.1) is 11.3 Å².